The maximum Gasteiger partial charge on any atom is 0.246 e. The van der Waals surface area contributed by atoms with Gasteiger partial charge in [0.25, 0.3) is 0 Å². The van der Waals surface area contributed by atoms with Gasteiger partial charge in [0, 0.05) is 41.2 Å². The van der Waals surface area contributed by atoms with Crippen molar-refractivity contribution in [3.05, 3.63) is 72.0 Å². The fraction of sp³-hybridized carbons (Fsp3) is 0.323. The Morgan fingerprint density at radius 1 is 0.971 bits per heavy atom. The minimum atomic E-state index is 0.0490. The van der Waals surface area contributed by atoms with Crippen molar-refractivity contribution in [2.24, 2.45) is 0 Å². The molecule has 1 heterocycles. The van der Waals surface area contributed by atoms with Crippen LogP contribution < -0.4 is 4.74 Å². The fourth-order valence-electron chi connectivity index (χ4n) is 4.83. The summed E-state index contributed by atoms with van der Waals surface area (Å²) in [6.45, 7) is 12.3. The Balaban J connectivity index is 1.89. The van der Waals surface area contributed by atoms with Gasteiger partial charge in [-0.05, 0) is 61.6 Å². The molecule has 4 rings (SSSR count). The van der Waals surface area contributed by atoms with E-state index in [1.165, 1.54) is 10.8 Å². The molecule has 0 N–H and O–H groups in total. The van der Waals surface area contributed by atoms with Crippen molar-refractivity contribution in [3.63, 3.8) is 0 Å². The van der Waals surface area contributed by atoms with E-state index in [4.69, 9.17) is 9.15 Å². The number of nitrogens with zero attached hydrogens (tertiary/aromatic N) is 1. The van der Waals surface area contributed by atoms with Crippen LogP contribution in [0.4, 0.5) is 0 Å². The van der Waals surface area contributed by atoms with Crippen LogP contribution in [0.1, 0.15) is 51.7 Å². The number of hydrogen-bond acceptors (Lipinski definition) is 3. The zero-order valence-electron chi connectivity index (χ0n) is 21.5. The van der Waals surface area contributed by atoms with Crippen molar-refractivity contribution in [2.75, 3.05) is 19.7 Å². The van der Waals surface area contributed by atoms with Crippen molar-refractivity contribution in [2.45, 2.75) is 47.5 Å². The predicted octanol–water partition coefficient (Wildman–Crippen LogP) is 8.01. The SMILES string of the molecule is CCCN(CCC)C(=O)/C=C(\C)c1cc2c(-c3cccc4ccccc34)coc2c(C)c1OCC. The summed E-state index contributed by atoms with van der Waals surface area (Å²) in [6.07, 6.45) is 5.48. The summed E-state index contributed by atoms with van der Waals surface area (Å²) in [4.78, 5) is 15.0. The minimum Gasteiger partial charge on any atom is -0.493 e. The number of rotatable bonds is 9. The Labute approximate surface area is 208 Å². The van der Waals surface area contributed by atoms with E-state index in [1.54, 1.807) is 6.08 Å². The maximum absolute atomic E-state index is 13.1. The number of carbonyl (C=O) groups excluding carboxylic acids is 1. The molecule has 4 aromatic rings. The lowest BCUT2D eigenvalue weighted by Crippen LogP contribution is -2.31. The molecule has 4 heteroatoms. The Morgan fingerprint density at radius 2 is 1.69 bits per heavy atom. The van der Waals surface area contributed by atoms with Gasteiger partial charge in [-0.2, -0.15) is 0 Å². The summed E-state index contributed by atoms with van der Waals surface area (Å²) in [5, 5.41) is 3.40. The minimum absolute atomic E-state index is 0.0490. The number of furan rings is 1. The third-order valence-electron chi connectivity index (χ3n) is 6.48. The molecule has 0 bridgehead atoms. The van der Waals surface area contributed by atoms with E-state index < -0.39 is 0 Å². The second kappa shape index (κ2) is 10.8. The number of aryl methyl sites for hydroxylation is 1. The van der Waals surface area contributed by atoms with Gasteiger partial charge in [0.05, 0.1) is 12.9 Å². The van der Waals surface area contributed by atoms with Crippen LogP contribution in [0.15, 0.2) is 65.3 Å². The number of ether oxygens (including phenoxy) is 1. The van der Waals surface area contributed by atoms with E-state index in [0.29, 0.717) is 6.61 Å². The molecule has 0 aliphatic heterocycles. The van der Waals surface area contributed by atoms with Gasteiger partial charge < -0.3 is 14.1 Å². The molecule has 1 aromatic heterocycles. The van der Waals surface area contributed by atoms with Crippen LogP contribution in [-0.4, -0.2) is 30.5 Å². The standard InChI is InChI=1S/C31H35NO3/c1-6-16-32(17-7-2)29(33)18-21(4)26-19-27-28(20-35-31(27)22(5)30(26)34-8-3)25-15-11-13-23-12-9-10-14-24(23)25/h9-15,18-20H,6-8,16-17H2,1-5H3/b21-18+. The first-order chi connectivity index (χ1) is 17.0. The highest BCUT2D eigenvalue weighted by Crippen LogP contribution is 2.42. The Kier molecular flexibility index (Phi) is 7.60. The number of allylic oxidation sites excluding steroid dienone is 1. The number of benzene rings is 3. The summed E-state index contributed by atoms with van der Waals surface area (Å²) < 4.78 is 12.2. The predicted molar refractivity (Wildman–Crippen MR) is 146 cm³/mol. The van der Waals surface area contributed by atoms with Crippen molar-refractivity contribution in [1.29, 1.82) is 0 Å². The normalized spacial score (nSPS) is 11.9. The van der Waals surface area contributed by atoms with Crippen LogP contribution in [0, 0.1) is 6.92 Å². The highest BCUT2D eigenvalue weighted by atomic mass is 16.5. The Hall–Kier alpha value is -3.53. The van der Waals surface area contributed by atoms with E-state index in [9.17, 15) is 4.79 Å². The van der Waals surface area contributed by atoms with Gasteiger partial charge >= 0.3 is 0 Å². The molecule has 0 saturated heterocycles. The second-order valence-corrected chi connectivity index (χ2v) is 9.02. The average Bonchev–Trinajstić information content (AvgIpc) is 3.29. The molecule has 0 unspecified atom stereocenters. The summed E-state index contributed by atoms with van der Waals surface area (Å²) >= 11 is 0. The molecule has 1 amide bonds. The molecule has 182 valence electrons. The number of carbonyl (C=O) groups is 1. The van der Waals surface area contributed by atoms with Crippen molar-refractivity contribution in [3.8, 4) is 16.9 Å². The molecule has 4 nitrogen and oxygen atoms in total. The van der Waals surface area contributed by atoms with Gasteiger partial charge in [-0.3, -0.25) is 4.79 Å². The van der Waals surface area contributed by atoms with E-state index in [0.717, 1.165) is 70.5 Å². The van der Waals surface area contributed by atoms with E-state index in [-0.39, 0.29) is 5.91 Å². The Bertz CT molecular complexity index is 1370. The average molecular weight is 470 g/mol. The summed E-state index contributed by atoms with van der Waals surface area (Å²) in [5.74, 6) is 0.825. The van der Waals surface area contributed by atoms with Crippen molar-refractivity contribution >= 4 is 33.2 Å². The lowest BCUT2D eigenvalue weighted by Gasteiger charge is -2.20. The van der Waals surface area contributed by atoms with Crippen LogP contribution in [0.25, 0.3) is 38.4 Å². The van der Waals surface area contributed by atoms with Gasteiger partial charge in [-0.1, -0.05) is 56.3 Å². The first kappa shape index (κ1) is 24.6. The van der Waals surface area contributed by atoms with E-state index in [1.807, 2.05) is 31.9 Å². The summed E-state index contributed by atoms with van der Waals surface area (Å²) in [5.41, 5.74) is 5.77. The highest BCUT2D eigenvalue weighted by Gasteiger charge is 2.20. The second-order valence-electron chi connectivity index (χ2n) is 9.02. The quantitative estimate of drug-likeness (QED) is 0.233. The maximum atomic E-state index is 13.1. The van der Waals surface area contributed by atoms with Crippen molar-refractivity contribution in [1.82, 2.24) is 4.90 Å². The van der Waals surface area contributed by atoms with Gasteiger partial charge in [-0.25, -0.2) is 0 Å². The molecule has 35 heavy (non-hydrogen) atoms. The van der Waals surface area contributed by atoms with Gasteiger partial charge in [0.2, 0.25) is 5.91 Å². The van der Waals surface area contributed by atoms with Crippen LogP contribution in [-0.2, 0) is 4.79 Å². The first-order valence-electron chi connectivity index (χ1n) is 12.6. The fourth-order valence-corrected chi connectivity index (χ4v) is 4.83. The van der Waals surface area contributed by atoms with Gasteiger partial charge in [0.1, 0.15) is 11.3 Å². The van der Waals surface area contributed by atoms with E-state index in [2.05, 4.69) is 62.4 Å². The molecule has 0 aliphatic carbocycles. The number of fused-ring (bicyclic) bond motifs is 2. The zero-order chi connectivity index (χ0) is 24.9. The van der Waals surface area contributed by atoms with Gasteiger partial charge in [0.15, 0.2) is 0 Å². The van der Waals surface area contributed by atoms with Crippen molar-refractivity contribution < 1.29 is 13.9 Å². The largest absolute Gasteiger partial charge is 0.493 e. The molecule has 0 aliphatic rings. The molecular formula is C31H35NO3. The molecule has 3 aromatic carbocycles. The third-order valence-corrected chi connectivity index (χ3v) is 6.48. The summed E-state index contributed by atoms with van der Waals surface area (Å²) in [7, 11) is 0. The third kappa shape index (κ3) is 4.84. The lowest BCUT2D eigenvalue weighted by molar-refractivity contribution is -0.126. The molecule has 0 fully saturated rings. The number of hydrogen-bond donors (Lipinski definition) is 0. The summed E-state index contributed by atoms with van der Waals surface area (Å²) in [6, 6.07) is 16.9. The highest BCUT2D eigenvalue weighted by molar-refractivity contribution is 6.07. The molecule has 0 saturated carbocycles. The monoisotopic (exact) mass is 469 g/mol. The zero-order valence-corrected chi connectivity index (χ0v) is 21.5. The van der Waals surface area contributed by atoms with Crippen LogP contribution in [0.5, 0.6) is 5.75 Å². The van der Waals surface area contributed by atoms with Gasteiger partial charge in [-0.15, -0.1) is 0 Å². The van der Waals surface area contributed by atoms with Crippen LogP contribution in [0.3, 0.4) is 0 Å². The first-order valence-corrected chi connectivity index (χ1v) is 12.6. The molecule has 0 spiro atoms. The smallest absolute Gasteiger partial charge is 0.246 e. The topological polar surface area (TPSA) is 42.7 Å². The van der Waals surface area contributed by atoms with E-state index >= 15 is 0 Å². The molecule has 0 atom stereocenters. The Morgan fingerprint density at radius 3 is 2.40 bits per heavy atom. The molecular weight excluding hydrogens is 434 g/mol. The lowest BCUT2D eigenvalue weighted by atomic mass is 9.94. The molecule has 0 radical (unpaired) electrons. The van der Waals surface area contributed by atoms with Crippen LogP contribution >= 0.6 is 0 Å². The number of amides is 1. The van der Waals surface area contributed by atoms with Crippen LogP contribution in [0.2, 0.25) is 0 Å².